The Morgan fingerprint density at radius 1 is 1.07 bits per heavy atom. The number of nitrogens with zero attached hydrogens (tertiary/aromatic N) is 1. The van der Waals surface area contributed by atoms with Crippen molar-refractivity contribution in [2.45, 2.75) is 19.5 Å². The van der Waals surface area contributed by atoms with Crippen molar-refractivity contribution in [3.05, 3.63) is 23.8 Å². The van der Waals surface area contributed by atoms with E-state index >= 15 is 0 Å². The minimum Gasteiger partial charge on any atom is -0.493 e. The van der Waals surface area contributed by atoms with Gasteiger partial charge in [-0.1, -0.05) is 6.07 Å². The van der Waals surface area contributed by atoms with Gasteiger partial charge in [-0.2, -0.15) is 8.78 Å². The zero-order valence-electron chi connectivity index (χ0n) is 16.5. The van der Waals surface area contributed by atoms with Crippen molar-refractivity contribution < 1.29 is 27.7 Å². The highest BCUT2D eigenvalue weighted by atomic mass is 127. The van der Waals surface area contributed by atoms with Gasteiger partial charge in [-0.15, -0.1) is 24.0 Å². The Morgan fingerprint density at radius 2 is 1.82 bits per heavy atom. The Bertz CT molecular complexity index is 566. The molecule has 0 amide bonds. The van der Waals surface area contributed by atoms with Crippen LogP contribution >= 0.6 is 24.0 Å². The van der Waals surface area contributed by atoms with Crippen LogP contribution in [0.25, 0.3) is 0 Å². The van der Waals surface area contributed by atoms with Gasteiger partial charge in [0.25, 0.3) is 0 Å². The maximum absolute atomic E-state index is 12.5. The summed E-state index contributed by atoms with van der Waals surface area (Å²) < 4.78 is 44.8. The zero-order chi connectivity index (χ0) is 19.9. The lowest BCUT2D eigenvalue weighted by molar-refractivity contribution is -0.0512. The first kappa shape index (κ1) is 26.6. The number of hydrogen-bond donors (Lipinski definition) is 2. The molecule has 1 rings (SSSR count). The number of benzene rings is 1. The Balaban J connectivity index is 0.00000729. The lowest BCUT2D eigenvalue weighted by Crippen LogP contribution is -2.39. The van der Waals surface area contributed by atoms with Crippen LogP contribution in [0.2, 0.25) is 0 Å². The molecule has 0 unspecified atom stereocenters. The van der Waals surface area contributed by atoms with Crippen LogP contribution in [0.3, 0.4) is 0 Å². The molecule has 1 aromatic carbocycles. The molecule has 0 aliphatic rings. The predicted octanol–water partition coefficient (Wildman–Crippen LogP) is 2.68. The van der Waals surface area contributed by atoms with Gasteiger partial charge in [0.2, 0.25) is 0 Å². The lowest BCUT2D eigenvalue weighted by atomic mass is 10.1. The van der Waals surface area contributed by atoms with E-state index in [2.05, 4.69) is 20.4 Å². The van der Waals surface area contributed by atoms with Gasteiger partial charge < -0.3 is 29.6 Å². The lowest BCUT2D eigenvalue weighted by Gasteiger charge is -2.13. The first-order valence-corrected chi connectivity index (χ1v) is 8.73. The average Bonchev–Trinajstić information content (AvgIpc) is 2.65. The first-order valence-electron chi connectivity index (χ1n) is 8.73. The van der Waals surface area contributed by atoms with Crippen LogP contribution in [0, 0.1) is 0 Å². The summed E-state index contributed by atoms with van der Waals surface area (Å²) in [6.07, 6.45) is 1.46. The third-order valence-electron chi connectivity index (χ3n) is 3.56. The van der Waals surface area contributed by atoms with E-state index in [4.69, 9.17) is 14.2 Å². The van der Waals surface area contributed by atoms with Crippen molar-refractivity contribution >= 4 is 29.9 Å². The molecular formula is C18H30F2IN3O4. The Morgan fingerprint density at radius 3 is 2.46 bits per heavy atom. The van der Waals surface area contributed by atoms with Crippen LogP contribution in [0.15, 0.2) is 23.2 Å². The van der Waals surface area contributed by atoms with Gasteiger partial charge in [-0.3, -0.25) is 4.99 Å². The number of ether oxygens (including phenoxy) is 4. The van der Waals surface area contributed by atoms with Crippen LogP contribution in [0.1, 0.15) is 12.0 Å². The molecule has 1 aromatic rings. The Kier molecular flexibility index (Phi) is 15.7. The zero-order valence-corrected chi connectivity index (χ0v) is 18.8. The number of methoxy groups -OCH3 is 2. The minimum atomic E-state index is -2.89. The number of nitrogens with one attached hydrogen (secondary N) is 2. The molecule has 0 spiro atoms. The summed E-state index contributed by atoms with van der Waals surface area (Å²) in [6.45, 7) is 0.237. The molecule has 0 atom stereocenters. The van der Waals surface area contributed by atoms with E-state index in [-0.39, 0.29) is 35.5 Å². The number of guanidine groups is 1. The van der Waals surface area contributed by atoms with Crippen molar-refractivity contribution in [1.29, 1.82) is 0 Å². The van der Waals surface area contributed by atoms with Crippen molar-refractivity contribution in [2.24, 2.45) is 4.99 Å². The smallest absolute Gasteiger partial charge is 0.387 e. The molecular weight excluding hydrogens is 487 g/mol. The van der Waals surface area contributed by atoms with E-state index in [9.17, 15) is 8.78 Å². The standard InChI is InChI=1S/C18H29F2N3O4.HI/c1-21-18(22-8-4-10-26-12-11-24-2)23-9-7-14-5-6-15(25-3)16(13-14)27-17(19)20;/h5-6,13,17H,4,7-12H2,1-3H3,(H2,21,22,23);1H. The molecule has 7 nitrogen and oxygen atoms in total. The Hall–Kier alpha value is -1.40. The fourth-order valence-electron chi connectivity index (χ4n) is 2.24. The first-order chi connectivity index (χ1) is 13.1. The number of aliphatic imine (C=N–C) groups is 1. The number of alkyl halides is 2. The minimum absolute atomic E-state index is 0. The summed E-state index contributed by atoms with van der Waals surface area (Å²) in [7, 11) is 4.73. The second-order valence-corrected chi connectivity index (χ2v) is 5.50. The second-order valence-electron chi connectivity index (χ2n) is 5.50. The van der Waals surface area contributed by atoms with E-state index < -0.39 is 6.61 Å². The third-order valence-corrected chi connectivity index (χ3v) is 3.56. The van der Waals surface area contributed by atoms with Crippen LogP contribution < -0.4 is 20.1 Å². The third kappa shape index (κ3) is 11.4. The van der Waals surface area contributed by atoms with E-state index in [1.165, 1.54) is 7.11 Å². The van der Waals surface area contributed by atoms with Crippen LogP contribution in [0.4, 0.5) is 8.78 Å². The topological polar surface area (TPSA) is 73.3 Å². The summed E-state index contributed by atoms with van der Waals surface area (Å²) in [5.74, 6) is 0.975. The van der Waals surface area contributed by atoms with Crippen molar-refractivity contribution in [1.82, 2.24) is 10.6 Å². The molecule has 28 heavy (non-hydrogen) atoms. The molecule has 10 heteroatoms. The fraction of sp³-hybridized carbons (Fsp3) is 0.611. The van der Waals surface area contributed by atoms with Crippen LogP contribution in [0.5, 0.6) is 11.5 Å². The quantitative estimate of drug-likeness (QED) is 0.182. The summed E-state index contributed by atoms with van der Waals surface area (Å²) in [6, 6.07) is 4.98. The van der Waals surface area contributed by atoms with Crippen LogP contribution in [-0.2, 0) is 15.9 Å². The molecule has 0 saturated carbocycles. The van der Waals surface area contributed by atoms with Gasteiger partial charge >= 0.3 is 6.61 Å². The van der Waals surface area contributed by atoms with E-state index in [1.807, 2.05) is 6.07 Å². The van der Waals surface area contributed by atoms with Gasteiger partial charge in [0.1, 0.15) is 0 Å². The SMILES string of the molecule is CN=C(NCCCOCCOC)NCCc1ccc(OC)c(OC(F)F)c1.I. The molecule has 0 aliphatic heterocycles. The van der Waals surface area contributed by atoms with E-state index in [1.54, 1.807) is 26.3 Å². The highest BCUT2D eigenvalue weighted by molar-refractivity contribution is 14.0. The summed E-state index contributed by atoms with van der Waals surface area (Å²) >= 11 is 0. The maximum atomic E-state index is 12.5. The molecule has 0 saturated heterocycles. The van der Waals surface area contributed by atoms with Gasteiger partial charge in [-0.25, -0.2) is 0 Å². The van der Waals surface area contributed by atoms with Crippen molar-refractivity contribution in [3.8, 4) is 11.5 Å². The van der Waals surface area contributed by atoms with Crippen LogP contribution in [-0.4, -0.2) is 66.7 Å². The summed E-state index contributed by atoms with van der Waals surface area (Å²) in [5, 5.41) is 6.36. The molecule has 0 bridgehead atoms. The maximum Gasteiger partial charge on any atom is 0.387 e. The van der Waals surface area contributed by atoms with E-state index in [0.717, 1.165) is 18.5 Å². The highest BCUT2D eigenvalue weighted by Crippen LogP contribution is 2.29. The predicted molar refractivity (Wildman–Crippen MR) is 115 cm³/mol. The molecule has 0 aromatic heterocycles. The molecule has 162 valence electrons. The van der Waals surface area contributed by atoms with Gasteiger partial charge in [0.05, 0.1) is 20.3 Å². The fourth-order valence-corrected chi connectivity index (χ4v) is 2.24. The molecule has 0 radical (unpaired) electrons. The highest BCUT2D eigenvalue weighted by Gasteiger charge is 2.11. The molecule has 0 aliphatic carbocycles. The number of rotatable bonds is 13. The molecule has 0 fully saturated rings. The van der Waals surface area contributed by atoms with Gasteiger partial charge in [0.15, 0.2) is 17.5 Å². The Labute approximate surface area is 182 Å². The van der Waals surface area contributed by atoms with Crippen molar-refractivity contribution in [2.75, 3.05) is 54.2 Å². The number of halogens is 3. The summed E-state index contributed by atoms with van der Waals surface area (Å²) in [4.78, 5) is 4.14. The van der Waals surface area contributed by atoms with Gasteiger partial charge in [0, 0.05) is 33.9 Å². The molecule has 2 N–H and O–H groups in total. The normalized spacial score (nSPS) is 11.1. The monoisotopic (exact) mass is 517 g/mol. The van der Waals surface area contributed by atoms with E-state index in [0.29, 0.717) is 38.7 Å². The van der Waals surface area contributed by atoms with Gasteiger partial charge in [-0.05, 0) is 30.5 Å². The van der Waals surface area contributed by atoms with Crippen molar-refractivity contribution in [3.63, 3.8) is 0 Å². The number of hydrogen-bond acceptors (Lipinski definition) is 5. The second kappa shape index (κ2) is 16.5. The molecule has 0 heterocycles. The summed E-state index contributed by atoms with van der Waals surface area (Å²) in [5.41, 5.74) is 0.848. The average molecular weight is 517 g/mol. The largest absolute Gasteiger partial charge is 0.493 e.